The van der Waals surface area contributed by atoms with Crippen LogP contribution in [-0.4, -0.2) is 37.4 Å². The molecule has 6 heteroatoms. The smallest absolute Gasteiger partial charge is 0.253 e. The molecule has 0 unspecified atom stereocenters. The van der Waals surface area contributed by atoms with Crippen molar-refractivity contribution < 1.29 is 4.79 Å². The molecule has 2 heterocycles. The van der Waals surface area contributed by atoms with Gasteiger partial charge in [0, 0.05) is 38.2 Å². The van der Waals surface area contributed by atoms with Gasteiger partial charge in [-0.15, -0.1) is 0 Å². The van der Waals surface area contributed by atoms with Gasteiger partial charge in [0.15, 0.2) is 0 Å². The first kappa shape index (κ1) is 15.0. The average molecular weight is 309 g/mol. The van der Waals surface area contributed by atoms with E-state index in [-0.39, 0.29) is 5.91 Å². The Morgan fingerprint density at radius 1 is 1.22 bits per heavy atom. The largest absolute Gasteiger partial charge is 0.336 e. The second-order valence-electron chi connectivity index (χ2n) is 5.55. The summed E-state index contributed by atoms with van der Waals surface area (Å²) in [6, 6.07) is 11.5. The van der Waals surface area contributed by atoms with Gasteiger partial charge in [0.05, 0.1) is 18.8 Å². The van der Waals surface area contributed by atoms with Gasteiger partial charge in [-0.3, -0.25) is 14.2 Å². The Kier molecular flexibility index (Phi) is 4.23. The fourth-order valence-corrected chi connectivity index (χ4v) is 2.47. The van der Waals surface area contributed by atoms with Crippen LogP contribution in [0.3, 0.4) is 0 Å². The Morgan fingerprint density at radius 3 is 2.78 bits per heavy atom. The number of amides is 1. The molecule has 0 atom stereocenters. The number of carbonyl (C=O) groups is 1. The predicted molar refractivity (Wildman–Crippen MR) is 86.8 cm³/mol. The summed E-state index contributed by atoms with van der Waals surface area (Å²) in [5.41, 5.74) is 2.59. The summed E-state index contributed by atoms with van der Waals surface area (Å²) in [5, 5.41) is 8.50. The quantitative estimate of drug-likeness (QED) is 0.724. The molecule has 0 bridgehead atoms. The van der Waals surface area contributed by atoms with Crippen LogP contribution in [-0.2, 0) is 20.1 Å². The highest BCUT2D eigenvalue weighted by molar-refractivity contribution is 5.94. The SMILES string of the molecule is CN(Cc1ccn(C)n1)C(=O)c1cccc(Cn2cccn2)c1. The number of aryl methyl sites for hydroxylation is 1. The molecule has 3 rings (SSSR count). The van der Waals surface area contributed by atoms with E-state index in [1.165, 1.54) is 0 Å². The van der Waals surface area contributed by atoms with Gasteiger partial charge in [0.25, 0.3) is 5.91 Å². The molecule has 0 saturated carbocycles. The van der Waals surface area contributed by atoms with Crippen molar-refractivity contribution in [1.82, 2.24) is 24.5 Å². The molecule has 0 radical (unpaired) electrons. The molecular formula is C17H19N5O. The molecule has 3 aromatic rings. The van der Waals surface area contributed by atoms with Crippen LogP contribution in [0.25, 0.3) is 0 Å². The third kappa shape index (κ3) is 3.66. The molecule has 0 spiro atoms. The van der Waals surface area contributed by atoms with Gasteiger partial charge < -0.3 is 4.90 Å². The Morgan fingerprint density at radius 2 is 2.09 bits per heavy atom. The van der Waals surface area contributed by atoms with Gasteiger partial charge in [-0.2, -0.15) is 10.2 Å². The van der Waals surface area contributed by atoms with Crippen molar-refractivity contribution in [2.45, 2.75) is 13.1 Å². The molecule has 0 fully saturated rings. The van der Waals surface area contributed by atoms with E-state index in [0.29, 0.717) is 18.7 Å². The van der Waals surface area contributed by atoms with Crippen molar-refractivity contribution in [2.75, 3.05) is 7.05 Å². The summed E-state index contributed by atoms with van der Waals surface area (Å²) in [7, 11) is 3.65. The van der Waals surface area contributed by atoms with Crippen molar-refractivity contribution in [3.63, 3.8) is 0 Å². The average Bonchev–Trinajstić information content (AvgIpc) is 3.18. The van der Waals surface area contributed by atoms with Gasteiger partial charge in [0.2, 0.25) is 0 Å². The van der Waals surface area contributed by atoms with Gasteiger partial charge in [-0.1, -0.05) is 12.1 Å². The Labute approximate surface area is 135 Å². The maximum Gasteiger partial charge on any atom is 0.253 e. The fourth-order valence-electron chi connectivity index (χ4n) is 2.47. The van der Waals surface area contributed by atoms with E-state index in [0.717, 1.165) is 11.3 Å². The Hall–Kier alpha value is -2.89. The fraction of sp³-hybridized carbons (Fsp3) is 0.235. The number of carbonyl (C=O) groups excluding carboxylic acids is 1. The van der Waals surface area contributed by atoms with Crippen molar-refractivity contribution in [1.29, 1.82) is 0 Å². The minimum atomic E-state index is -0.0158. The van der Waals surface area contributed by atoms with Crippen LogP contribution in [0.15, 0.2) is 55.0 Å². The first-order valence-corrected chi connectivity index (χ1v) is 7.42. The molecule has 1 aromatic carbocycles. The first-order valence-electron chi connectivity index (χ1n) is 7.42. The molecule has 0 saturated heterocycles. The van der Waals surface area contributed by atoms with E-state index in [1.54, 1.807) is 22.8 Å². The van der Waals surface area contributed by atoms with Crippen LogP contribution >= 0.6 is 0 Å². The minimum absolute atomic E-state index is 0.0158. The van der Waals surface area contributed by atoms with Gasteiger partial charge in [-0.05, 0) is 29.8 Å². The number of benzene rings is 1. The van der Waals surface area contributed by atoms with Crippen LogP contribution in [0.1, 0.15) is 21.6 Å². The van der Waals surface area contributed by atoms with E-state index in [1.807, 2.05) is 60.5 Å². The lowest BCUT2D eigenvalue weighted by molar-refractivity contribution is 0.0783. The third-order valence-electron chi connectivity index (χ3n) is 3.59. The van der Waals surface area contributed by atoms with Crippen molar-refractivity contribution in [2.24, 2.45) is 7.05 Å². The van der Waals surface area contributed by atoms with E-state index < -0.39 is 0 Å². The summed E-state index contributed by atoms with van der Waals surface area (Å²) >= 11 is 0. The second-order valence-corrected chi connectivity index (χ2v) is 5.55. The number of aromatic nitrogens is 4. The highest BCUT2D eigenvalue weighted by Gasteiger charge is 2.13. The lowest BCUT2D eigenvalue weighted by Gasteiger charge is -2.16. The molecule has 0 aliphatic carbocycles. The van der Waals surface area contributed by atoms with E-state index in [9.17, 15) is 4.79 Å². The zero-order valence-corrected chi connectivity index (χ0v) is 13.3. The van der Waals surface area contributed by atoms with Crippen LogP contribution in [0, 0.1) is 0 Å². The second kappa shape index (κ2) is 6.48. The van der Waals surface area contributed by atoms with Gasteiger partial charge in [0.1, 0.15) is 0 Å². The van der Waals surface area contributed by atoms with Gasteiger partial charge >= 0.3 is 0 Å². The number of hydrogen-bond donors (Lipinski definition) is 0. The topological polar surface area (TPSA) is 56.0 Å². The van der Waals surface area contributed by atoms with Gasteiger partial charge in [-0.25, -0.2) is 0 Å². The molecule has 0 aliphatic rings. The third-order valence-corrected chi connectivity index (χ3v) is 3.59. The normalized spacial score (nSPS) is 10.7. The molecule has 118 valence electrons. The van der Waals surface area contributed by atoms with E-state index in [4.69, 9.17) is 0 Å². The van der Waals surface area contributed by atoms with E-state index >= 15 is 0 Å². The summed E-state index contributed by atoms with van der Waals surface area (Å²) in [5.74, 6) is -0.0158. The molecule has 0 N–H and O–H groups in total. The Bertz CT molecular complexity index is 791. The Balaban J connectivity index is 1.71. The maximum atomic E-state index is 12.6. The monoisotopic (exact) mass is 309 g/mol. The molecular weight excluding hydrogens is 290 g/mol. The van der Waals surface area contributed by atoms with Crippen molar-refractivity contribution in [3.05, 3.63) is 71.8 Å². The van der Waals surface area contributed by atoms with Crippen molar-refractivity contribution in [3.8, 4) is 0 Å². The zero-order chi connectivity index (χ0) is 16.2. The first-order chi connectivity index (χ1) is 11.1. The van der Waals surface area contributed by atoms with Crippen LogP contribution in [0.2, 0.25) is 0 Å². The number of hydrogen-bond acceptors (Lipinski definition) is 3. The van der Waals surface area contributed by atoms with Crippen LogP contribution < -0.4 is 0 Å². The standard InChI is InChI=1S/C17H19N5O/c1-20(13-16-7-10-21(2)19-16)17(23)15-6-3-5-14(11-15)12-22-9-4-8-18-22/h3-11H,12-13H2,1-2H3. The summed E-state index contributed by atoms with van der Waals surface area (Å²) in [6.07, 6.45) is 5.52. The number of nitrogens with zero attached hydrogens (tertiary/aromatic N) is 5. The molecule has 6 nitrogen and oxygen atoms in total. The lowest BCUT2D eigenvalue weighted by atomic mass is 10.1. The van der Waals surface area contributed by atoms with Crippen molar-refractivity contribution >= 4 is 5.91 Å². The van der Waals surface area contributed by atoms with Crippen LogP contribution in [0.4, 0.5) is 0 Å². The summed E-state index contributed by atoms with van der Waals surface area (Å²) in [4.78, 5) is 14.3. The lowest BCUT2D eigenvalue weighted by Crippen LogP contribution is -2.26. The predicted octanol–water partition coefficient (Wildman–Crippen LogP) is 1.94. The zero-order valence-electron chi connectivity index (χ0n) is 13.3. The molecule has 1 amide bonds. The number of rotatable bonds is 5. The van der Waals surface area contributed by atoms with E-state index in [2.05, 4.69) is 10.2 Å². The molecule has 2 aromatic heterocycles. The highest BCUT2D eigenvalue weighted by Crippen LogP contribution is 2.11. The summed E-state index contributed by atoms with van der Waals surface area (Å²) < 4.78 is 3.57. The minimum Gasteiger partial charge on any atom is -0.336 e. The highest BCUT2D eigenvalue weighted by atomic mass is 16.2. The molecule has 23 heavy (non-hydrogen) atoms. The van der Waals surface area contributed by atoms with Crippen LogP contribution in [0.5, 0.6) is 0 Å². The maximum absolute atomic E-state index is 12.6. The summed E-state index contributed by atoms with van der Waals surface area (Å²) in [6.45, 7) is 1.14. The molecule has 0 aliphatic heterocycles.